The third-order valence-corrected chi connectivity index (χ3v) is 6.31. The molecule has 1 fully saturated rings. The van der Waals surface area contributed by atoms with Gasteiger partial charge in [0.25, 0.3) is 11.6 Å². The Hall–Kier alpha value is -1.61. The number of carboxylic acids is 1. The van der Waals surface area contributed by atoms with E-state index in [1.54, 1.807) is 6.07 Å². The van der Waals surface area contributed by atoms with E-state index in [1.165, 1.54) is 30.2 Å². The molecule has 11 nitrogen and oxygen atoms in total. The predicted octanol–water partition coefficient (Wildman–Crippen LogP) is -6.05. The van der Waals surface area contributed by atoms with Gasteiger partial charge in [0.1, 0.15) is 11.5 Å². The zero-order valence-corrected chi connectivity index (χ0v) is 19.7. The maximum absolute atomic E-state index is 12.6. The number of fused-ring (bicyclic) bond motifs is 1. The Kier molecular flexibility index (Phi) is 9.81. The number of aliphatic hydroxyl groups is 1. The monoisotopic (exact) mass is 466 g/mol. The van der Waals surface area contributed by atoms with Crippen LogP contribution in [-0.2, 0) is 25.5 Å². The molecule has 1 aromatic rings. The van der Waals surface area contributed by atoms with E-state index < -0.39 is 41.6 Å². The van der Waals surface area contributed by atoms with Crippen LogP contribution in [0.2, 0.25) is 0 Å². The first-order chi connectivity index (χ1) is 13.7. The number of amides is 3. The maximum Gasteiger partial charge on any atom is 1.00 e. The van der Waals surface area contributed by atoms with Gasteiger partial charge in [0.2, 0.25) is 5.91 Å². The van der Waals surface area contributed by atoms with Crippen molar-refractivity contribution >= 4 is 47.0 Å². The van der Waals surface area contributed by atoms with Crippen molar-refractivity contribution in [1.82, 2.24) is 10.2 Å². The average molecular weight is 466 g/mol. The van der Waals surface area contributed by atoms with Gasteiger partial charge in [-0.15, -0.1) is 23.1 Å². The molecule has 0 bridgehead atoms. The van der Waals surface area contributed by atoms with Gasteiger partial charge >= 0.3 is 29.6 Å². The Bertz CT molecular complexity index is 844. The molecule has 2 aliphatic rings. The summed E-state index contributed by atoms with van der Waals surface area (Å²) in [6.45, 7) is -0.489. The summed E-state index contributed by atoms with van der Waals surface area (Å²) in [5, 5.41) is 33.1. The average Bonchev–Trinajstić information content (AvgIpc) is 3.16. The molecule has 2 aliphatic heterocycles. The molecule has 0 aromatic carbocycles. The van der Waals surface area contributed by atoms with Crippen molar-refractivity contribution in [1.29, 1.82) is 0 Å². The van der Waals surface area contributed by atoms with Crippen LogP contribution in [0.5, 0.6) is 0 Å². The molecule has 0 unspecified atom stereocenters. The van der Waals surface area contributed by atoms with Crippen LogP contribution < -0.4 is 50.8 Å². The first kappa shape index (κ1) is 26.4. The maximum atomic E-state index is 12.6. The number of β-lactam (4-membered cyclic amide) rings is 1. The van der Waals surface area contributed by atoms with Crippen LogP contribution >= 0.6 is 23.1 Å². The Morgan fingerprint density at radius 2 is 2.07 bits per heavy atom. The second-order valence-electron chi connectivity index (χ2n) is 5.80. The Balaban J connectivity index is 0.000000827. The SMILES string of the molecule is CO[C@@]1(NC(=O)Cc2cccs2)C(=O)N2C(C(=O)[O-])=C(CO)CS[C@@H]21.NC(=O)[O-].[Na+]. The van der Waals surface area contributed by atoms with Crippen LogP contribution in [0, 0.1) is 0 Å². The zero-order chi connectivity index (χ0) is 21.8. The van der Waals surface area contributed by atoms with Crippen LogP contribution in [0.3, 0.4) is 0 Å². The number of carbonyl (C=O) groups excluding carboxylic acids is 4. The third kappa shape index (κ3) is 5.35. The summed E-state index contributed by atoms with van der Waals surface area (Å²) in [7, 11) is 1.28. The number of thioether (sulfide) groups is 1. The molecular weight excluding hydrogens is 449 g/mol. The number of nitrogens with two attached hydrogens (primary N) is 1. The molecular formula is C16H17N3NaO8S2-. The van der Waals surface area contributed by atoms with E-state index in [4.69, 9.17) is 14.6 Å². The number of methoxy groups -OCH3 is 1. The molecule has 0 spiro atoms. The van der Waals surface area contributed by atoms with Crippen LogP contribution in [0.1, 0.15) is 4.88 Å². The second-order valence-corrected chi connectivity index (χ2v) is 7.90. The molecule has 3 rings (SSSR count). The van der Waals surface area contributed by atoms with E-state index >= 15 is 0 Å². The molecule has 2 atom stereocenters. The van der Waals surface area contributed by atoms with E-state index in [-0.39, 0.29) is 53.0 Å². The molecule has 0 saturated carbocycles. The number of carbonyl (C=O) groups is 4. The molecule has 30 heavy (non-hydrogen) atoms. The van der Waals surface area contributed by atoms with E-state index in [1.807, 2.05) is 11.4 Å². The molecule has 4 N–H and O–H groups in total. The summed E-state index contributed by atoms with van der Waals surface area (Å²) in [6.07, 6.45) is -1.49. The van der Waals surface area contributed by atoms with Gasteiger partial charge in [-0.3, -0.25) is 14.5 Å². The van der Waals surface area contributed by atoms with Crippen molar-refractivity contribution in [3.8, 4) is 0 Å². The molecule has 3 heterocycles. The topological polar surface area (TPSA) is 185 Å². The number of primary amides is 1. The molecule has 14 heteroatoms. The van der Waals surface area contributed by atoms with E-state index in [0.29, 0.717) is 0 Å². The minimum absolute atomic E-state index is 0. The minimum Gasteiger partial charge on any atom is -0.543 e. The Morgan fingerprint density at radius 1 is 1.43 bits per heavy atom. The van der Waals surface area contributed by atoms with Gasteiger partial charge < -0.3 is 40.7 Å². The van der Waals surface area contributed by atoms with Crippen LogP contribution in [0.15, 0.2) is 28.8 Å². The fourth-order valence-corrected chi connectivity index (χ4v) is 5.01. The van der Waals surface area contributed by atoms with Crippen molar-refractivity contribution in [2.75, 3.05) is 19.5 Å². The number of nitrogens with zero attached hydrogens (tertiary/aromatic N) is 1. The fraction of sp³-hybridized carbons (Fsp3) is 0.375. The summed E-state index contributed by atoms with van der Waals surface area (Å²) in [5.41, 5.74) is 2.14. The van der Waals surface area contributed by atoms with Crippen LogP contribution in [0.25, 0.3) is 0 Å². The molecule has 1 aromatic heterocycles. The van der Waals surface area contributed by atoms with Crippen molar-refractivity contribution in [2.24, 2.45) is 5.73 Å². The predicted molar refractivity (Wildman–Crippen MR) is 97.7 cm³/mol. The number of hydrogen-bond acceptors (Lipinski definition) is 10. The summed E-state index contributed by atoms with van der Waals surface area (Å²) in [6, 6.07) is 3.62. The van der Waals surface area contributed by atoms with Gasteiger partial charge in [-0.25, -0.2) is 0 Å². The van der Waals surface area contributed by atoms with E-state index in [2.05, 4.69) is 11.1 Å². The largest absolute Gasteiger partial charge is 1.00 e. The van der Waals surface area contributed by atoms with E-state index in [0.717, 1.165) is 9.78 Å². The van der Waals surface area contributed by atoms with Crippen molar-refractivity contribution in [2.45, 2.75) is 17.5 Å². The number of carboxylic acid groups (broad SMARTS) is 2. The van der Waals surface area contributed by atoms with Crippen molar-refractivity contribution in [3.05, 3.63) is 33.7 Å². The number of rotatable bonds is 6. The molecule has 158 valence electrons. The van der Waals surface area contributed by atoms with Gasteiger partial charge in [-0.2, -0.15) is 0 Å². The quantitative estimate of drug-likeness (QED) is 0.208. The summed E-state index contributed by atoms with van der Waals surface area (Å²) >= 11 is 2.63. The molecule has 3 amide bonds. The van der Waals surface area contributed by atoms with Gasteiger partial charge in [0.05, 0.1) is 24.7 Å². The molecule has 0 aliphatic carbocycles. The fourth-order valence-electron chi connectivity index (χ4n) is 2.88. The third-order valence-electron chi connectivity index (χ3n) is 4.06. The summed E-state index contributed by atoms with van der Waals surface area (Å²) < 4.78 is 5.30. The smallest absolute Gasteiger partial charge is 0.543 e. The minimum atomic E-state index is -1.62. The van der Waals surface area contributed by atoms with Gasteiger partial charge in [-0.1, -0.05) is 6.07 Å². The van der Waals surface area contributed by atoms with Gasteiger partial charge in [0.15, 0.2) is 0 Å². The number of aliphatic hydroxyl groups excluding tert-OH is 1. The van der Waals surface area contributed by atoms with Crippen LogP contribution in [0.4, 0.5) is 4.79 Å². The Labute approximate surface area is 201 Å². The number of hydrogen-bond donors (Lipinski definition) is 3. The number of aliphatic carboxylic acids is 1. The number of nitrogens with one attached hydrogen (secondary N) is 1. The second kappa shape index (κ2) is 11.1. The summed E-state index contributed by atoms with van der Waals surface area (Å²) in [4.78, 5) is 46.8. The van der Waals surface area contributed by atoms with E-state index in [9.17, 15) is 24.6 Å². The number of ether oxygens (including phenoxy) is 1. The van der Waals surface area contributed by atoms with Crippen molar-refractivity contribution in [3.63, 3.8) is 0 Å². The first-order valence-corrected chi connectivity index (χ1v) is 9.95. The zero-order valence-electron chi connectivity index (χ0n) is 16.1. The van der Waals surface area contributed by atoms with Gasteiger partial charge in [-0.05, 0) is 17.0 Å². The van der Waals surface area contributed by atoms with Crippen LogP contribution in [-0.4, -0.2) is 64.5 Å². The first-order valence-electron chi connectivity index (χ1n) is 8.02. The Morgan fingerprint density at radius 3 is 2.53 bits per heavy atom. The summed E-state index contributed by atoms with van der Waals surface area (Å²) in [5.74, 6) is -2.45. The van der Waals surface area contributed by atoms with Gasteiger partial charge in [0, 0.05) is 17.7 Å². The van der Waals surface area contributed by atoms with Crippen molar-refractivity contribution < 1.29 is 68.8 Å². The molecule has 0 radical (unpaired) electrons. The molecule has 1 saturated heterocycles. The normalized spacial score (nSPS) is 22.0. The number of thiophene rings is 1. The standard InChI is InChI=1S/C15H16N2O6S2.CH3NO2.Na/c1-23-15(16-10(19)5-9-3-2-4-24-9)13(22)17-11(12(20)21)8(6-18)7-25-14(15)17;2-1(3)4;/h2-4,14,18H,5-7H2,1H3,(H,16,19)(H,20,21);2H2,(H,3,4);/q;;+1/p-2/t14-,15+;;/m1../s1.